The van der Waals surface area contributed by atoms with Crippen molar-refractivity contribution in [2.24, 2.45) is 17.3 Å². The number of epoxide rings is 1. The van der Waals surface area contributed by atoms with E-state index in [0.29, 0.717) is 0 Å². The van der Waals surface area contributed by atoms with E-state index in [2.05, 4.69) is 6.58 Å². The van der Waals surface area contributed by atoms with Gasteiger partial charge in [-0.1, -0.05) is 19.6 Å². The lowest BCUT2D eigenvalue weighted by atomic mass is 9.52. The van der Waals surface area contributed by atoms with Crippen LogP contribution in [-0.4, -0.2) is 88.7 Å². The lowest BCUT2D eigenvalue weighted by molar-refractivity contribution is -0.257. The molecule has 13 heteroatoms. The summed E-state index contributed by atoms with van der Waals surface area (Å²) in [6.45, 7) is 11.7. The molecule has 3 fully saturated rings. The highest BCUT2D eigenvalue weighted by atomic mass is 35.5. The highest BCUT2D eigenvalue weighted by Gasteiger charge is 2.77. The predicted octanol–water partition coefficient (Wildman–Crippen LogP) is 1.53. The maximum Gasteiger partial charge on any atom is 0.312 e. The first-order valence-corrected chi connectivity index (χ1v) is 13.7. The first-order valence-electron chi connectivity index (χ1n) is 13.3. The summed E-state index contributed by atoms with van der Waals surface area (Å²) >= 11 is 6.73. The number of carbonyl (C=O) groups excluding carboxylic acids is 5. The number of alkyl halides is 1. The van der Waals surface area contributed by atoms with Crippen LogP contribution < -0.4 is 0 Å². The molecule has 0 amide bonds. The van der Waals surface area contributed by atoms with Gasteiger partial charge < -0.3 is 33.5 Å². The molecule has 0 radical (unpaired) electrons. The number of allylic oxidation sites excluding steroid dienone is 1. The van der Waals surface area contributed by atoms with E-state index in [0.717, 1.165) is 13.8 Å². The van der Waals surface area contributed by atoms with Gasteiger partial charge in [0.05, 0.1) is 23.3 Å². The minimum atomic E-state index is -2.25. The van der Waals surface area contributed by atoms with Gasteiger partial charge in [0, 0.05) is 40.0 Å². The lowest BCUT2D eigenvalue weighted by Gasteiger charge is -2.57. The van der Waals surface area contributed by atoms with E-state index in [-0.39, 0.29) is 18.6 Å². The number of ether oxygens (including phenoxy) is 6. The standard InChI is InChI=1S/C28H35ClO12/c1-12-8-9-19(38-15(4)31)26(7)21(27(11-36-27)10-18(37-14(3)30)22(26)39-16(5)32)24(40-17(6)33)28(35)13(2)25(34)41-23(28)20(12)29/h8-9,13,18-24,35H,1,10-11H2,2-7H3/b9-8+/t13-,18-,19-,20-,21+,22-,23-,24-,26+,27-,28-/m1/s1. The molecular weight excluding hydrogens is 564 g/mol. The third-order valence-electron chi connectivity index (χ3n) is 8.67. The number of fused-ring (bicyclic) bond motifs is 3. The van der Waals surface area contributed by atoms with Crippen molar-refractivity contribution in [3.05, 3.63) is 24.3 Å². The molecule has 41 heavy (non-hydrogen) atoms. The molecule has 226 valence electrons. The number of rotatable bonds is 4. The molecular formula is C28H35ClO12. The second-order valence-electron chi connectivity index (χ2n) is 11.4. The third-order valence-corrected chi connectivity index (χ3v) is 9.18. The van der Waals surface area contributed by atoms with Gasteiger partial charge in [-0.25, -0.2) is 0 Å². The fourth-order valence-corrected chi connectivity index (χ4v) is 7.19. The fraction of sp³-hybridized carbons (Fsp3) is 0.679. The summed E-state index contributed by atoms with van der Waals surface area (Å²) in [6.07, 6.45) is -3.72. The lowest BCUT2D eigenvalue weighted by Crippen LogP contribution is -2.72. The second-order valence-corrected chi connectivity index (χ2v) is 11.9. The molecule has 1 spiro atoms. The Morgan fingerprint density at radius 3 is 2.05 bits per heavy atom. The first-order chi connectivity index (χ1) is 19.0. The summed E-state index contributed by atoms with van der Waals surface area (Å²) in [6, 6.07) is 0. The van der Waals surface area contributed by atoms with Crippen LogP contribution in [0.3, 0.4) is 0 Å². The molecule has 1 N–H and O–H groups in total. The molecule has 2 saturated heterocycles. The Hall–Kier alpha value is -2.96. The molecule has 11 atom stereocenters. The number of esters is 5. The summed E-state index contributed by atoms with van der Waals surface area (Å²) < 4.78 is 34.7. The van der Waals surface area contributed by atoms with Gasteiger partial charge in [0.15, 0.2) is 11.7 Å². The van der Waals surface area contributed by atoms with Crippen LogP contribution in [0, 0.1) is 17.3 Å². The van der Waals surface area contributed by atoms with E-state index in [1.807, 2.05) is 0 Å². The maximum atomic E-state index is 13.0. The minimum Gasteiger partial charge on any atom is -0.459 e. The van der Waals surface area contributed by atoms with Crippen molar-refractivity contribution in [3.8, 4) is 0 Å². The number of hydrogen-bond acceptors (Lipinski definition) is 12. The van der Waals surface area contributed by atoms with Gasteiger partial charge >= 0.3 is 29.8 Å². The SMILES string of the molecule is C=C1/C=C/[C@@H](OC(C)=O)[C@]2(C)[C@H](OC(C)=O)[C@H](OC(C)=O)C[C@@]3(CO3)[C@H]2[C@@H](OC(C)=O)[C@@]2(O)[C@H](C)C(=O)O[C@@H]2[C@@H]1Cl. The highest BCUT2D eigenvalue weighted by molar-refractivity contribution is 6.23. The molecule has 0 bridgehead atoms. The van der Waals surface area contributed by atoms with E-state index < -0.39 is 94.2 Å². The first kappa shape index (κ1) is 31.0. The van der Waals surface area contributed by atoms with Crippen molar-refractivity contribution in [3.63, 3.8) is 0 Å². The zero-order valence-electron chi connectivity index (χ0n) is 23.7. The fourth-order valence-electron chi connectivity index (χ4n) is 6.87. The van der Waals surface area contributed by atoms with Crippen LogP contribution in [0.25, 0.3) is 0 Å². The Kier molecular flexibility index (Phi) is 8.09. The normalized spacial score (nSPS) is 44.0. The largest absolute Gasteiger partial charge is 0.459 e. The van der Waals surface area contributed by atoms with Gasteiger partial charge in [-0.05, 0) is 18.6 Å². The van der Waals surface area contributed by atoms with E-state index in [1.54, 1.807) is 6.92 Å². The smallest absolute Gasteiger partial charge is 0.312 e. The molecule has 2 aliphatic heterocycles. The third kappa shape index (κ3) is 5.14. The molecule has 4 aliphatic rings. The van der Waals surface area contributed by atoms with E-state index >= 15 is 0 Å². The summed E-state index contributed by atoms with van der Waals surface area (Å²) in [5.41, 5.74) is -4.90. The molecule has 2 heterocycles. The average molecular weight is 599 g/mol. The topological polar surface area (TPSA) is 164 Å². The van der Waals surface area contributed by atoms with Crippen molar-refractivity contribution in [2.45, 2.75) is 95.1 Å². The highest BCUT2D eigenvalue weighted by Crippen LogP contribution is 2.62. The van der Waals surface area contributed by atoms with Crippen molar-refractivity contribution in [1.29, 1.82) is 0 Å². The molecule has 2 aliphatic carbocycles. The number of aliphatic hydroxyl groups is 1. The van der Waals surface area contributed by atoms with Gasteiger partial charge in [0.1, 0.15) is 30.0 Å². The van der Waals surface area contributed by atoms with Crippen molar-refractivity contribution in [2.75, 3.05) is 6.61 Å². The zero-order chi connectivity index (χ0) is 30.7. The minimum absolute atomic E-state index is 0.0278. The quantitative estimate of drug-likeness (QED) is 0.215. The maximum absolute atomic E-state index is 13.0. The summed E-state index contributed by atoms with van der Waals surface area (Å²) in [5, 5.41) is 11.3. The van der Waals surface area contributed by atoms with Crippen LogP contribution in [0.15, 0.2) is 24.3 Å². The van der Waals surface area contributed by atoms with E-state index in [9.17, 15) is 29.1 Å². The predicted molar refractivity (Wildman–Crippen MR) is 139 cm³/mol. The number of carbonyl (C=O) groups is 5. The van der Waals surface area contributed by atoms with Crippen LogP contribution in [0.4, 0.5) is 0 Å². The zero-order valence-corrected chi connectivity index (χ0v) is 24.5. The van der Waals surface area contributed by atoms with Crippen molar-refractivity contribution in [1.82, 2.24) is 0 Å². The van der Waals surface area contributed by atoms with Gasteiger partial charge in [-0.15, -0.1) is 11.6 Å². The molecule has 1 saturated carbocycles. The van der Waals surface area contributed by atoms with E-state index in [1.165, 1.54) is 32.9 Å². The van der Waals surface area contributed by atoms with Gasteiger partial charge in [-0.2, -0.15) is 0 Å². The Bertz CT molecular complexity index is 1190. The molecule has 4 rings (SSSR count). The molecule has 0 aromatic rings. The Morgan fingerprint density at radius 2 is 1.54 bits per heavy atom. The van der Waals surface area contributed by atoms with Crippen LogP contribution in [0.5, 0.6) is 0 Å². The molecule has 0 aromatic carbocycles. The monoisotopic (exact) mass is 598 g/mol. The summed E-state index contributed by atoms with van der Waals surface area (Å²) in [5.74, 6) is -6.07. The van der Waals surface area contributed by atoms with Gasteiger partial charge in [-0.3, -0.25) is 24.0 Å². The van der Waals surface area contributed by atoms with Gasteiger partial charge in [0.2, 0.25) is 0 Å². The Balaban J connectivity index is 2.09. The number of hydrogen-bond donors (Lipinski definition) is 1. The second kappa shape index (κ2) is 10.7. The molecule has 0 unspecified atom stereocenters. The molecule has 0 aromatic heterocycles. The van der Waals surface area contributed by atoms with Gasteiger partial charge in [0.25, 0.3) is 0 Å². The average Bonchev–Trinajstić information content (AvgIpc) is 3.57. The number of halogens is 1. The van der Waals surface area contributed by atoms with Crippen LogP contribution in [-0.2, 0) is 52.4 Å². The molecule has 12 nitrogen and oxygen atoms in total. The Labute approximate surface area is 242 Å². The van der Waals surface area contributed by atoms with Crippen molar-refractivity contribution < 1.29 is 57.5 Å². The van der Waals surface area contributed by atoms with E-state index in [4.69, 9.17) is 40.0 Å². The van der Waals surface area contributed by atoms with Crippen molar-refractivity contribution >= 4 is 41.4 Å². The summed E-state index contributed by atoms with van der Waals surface area (Å²) in [7, 11) is 0. The summed E-state index contributed by atoms with van der Waals surface area (Å²) in [4.78, 5) is 62.8. The Morgan fingerprint density at radius 1 is 1.00 bits per heavy atom. The van der Waals surface area contributed by atoms with Crippen LogP contribution in [0.1, 0.15) is 48.0 Å². The van der Waals surface area contributed by atoms with Crippen LogP contribution >= 0.6 is 11.6 Å². The van der Waals surface area contributed by atoms with Crippen LogP contribution in [0.2, 0.25) is 0 Å².